The zero-order chi connectivity index (χ0) is 20.8. The Balaban J connectivity index is 1.68. The zero-order valence-electron chi connectivity index (χ0n) is 14.7. The van der Waals surface area contributed by atoms with Crippen molar-refractivity contribution in [2.24, 2.45) is 10.7 Å². The molecule has 2 aliphatic heterocycles. The van der Waals surface area contributed by atoms with E-state index in [1.165, 1.54) is 12.1 Å². The van der Waals surface area contributed by atoms with Crippen LogP contribution in [0.3, 0.4) is 0 Å². The number of nitrogens with one attached hydrogen (secondary N) is 1. The third-order valence-electron chi connectivity index (χ3n) is 4.84. The van der Waals surface area contributed by atoms with Gasteiger partial charge < -0.3 is 15.8 Å². The number of amides is 1. The van der Waals surface area contributed by atoms with E-state index in [9.17, 15) is 18.0 Å². The normalized spacial score (nSPS) is 26.3. The highest BCUT2D eigenvalue weighted by Gasteiger charge is 2.61. The predicted molar refractivity (Wildman–Crippen MR) is 98.2 cm³/mol. The number of benzene rings is 1. The third kappa shape index (κ3) is 3.25. The second kappa shape index (κ2) is 7.02. The number of rotatable bonds is 4. The second-order valence-electron chi connectivity index (χ2n) is 6.66. The van der Waals surface area contributed by atoms with Crippen LogP contribution < -0.4 is 11.1 Å². The molecule has 3 N–H and O–H groups in total. The molecule has 1 saturated heterocycles. The summed E-state index contributed by atoms with van der Waals surface area (Å²) in [5.41, 5.74) is 1.87. The lowest BCUT2D eigenvalue weighted by Crippen LogP contribution is -2.52. The van der Waals surface area contributed by atoms with Gasteiger partial charge in [-0.3, -0.25) is 4.79 Å². The number of ether oxygens (including phenoxy) is 1. The highest BCUT2D eigenvalue weighted by atomic mass is 32.2. The largest absolute Gasteiger partial charge is 0.379 e. The van der Waals surface area contributed by atoms with Crippen molar-refractivity contribution >= 4 is 28.5 Å². The first kappa shape index (κ1) is 19.7. The molecular formula is C17H15F4N5O2S. The van der Waals surface area contributed by atoms with Crippen molar-refractivity contribution in [3.8, 4) is 0 Å². The molecule has 0 saturated carbocycles. The van der Waals surface area contributed by atoms with E-state index in [1.807, 2.05) is 0 Å². The van der Waals surface area contributed by atoms with Gasteiger partial charge in [0.15, 0.2) is 22.1 Å². The van der Waals surface area contributed by atoms with Crippen LogP contribution in [0.1, 0.15) is 22.6 Å². The summed E-state index contributed by atoms with van der Waals surface area (Å²) in [6.45, 7) is -3.36. The number of carbonyl (C=O) groups is 1. The van der Waals surface area contributed by atoms with Crippen molar-refractivity contribution in [2.75, 3.05) is 24.3 Å². The number of halogens is 4. The van der Waals surface area contributed by atoms with Crippen LogP contribution in [-0.2, 0) is 10.3 Å². The van der Waals surface area contributed by atoms with Crippen molar-refractivity contribution in [3.63, 3.8) is 0 Å². The fourth-order valence-electron chi connectivity index (χ4n) is 3.37. The molecule has 0 radical (unpaired) electrons. The molecule has 2 atom stereocenters. The van der Waals surface area contributed by atoms with Crippen molar-refractivity contribution < 1.29 is 27.1 Å². The average molecular weight is 429 g/mol. The molecule has 12 heteroatoms. The first-order chi connectivity index (χ1) is 13.7. The Morgan fingerprint density at radius 2 is 2.14 bits per heavy atom. The van der Waals surface area contributed by atoms with E-state index in [4.69, 9.17) is 10.5 Å². The van der Waals surface area contributed by atoms with Gasteiger partial charge in [0.25, 0.3) is 5.91 Å². The summed E-state index contributed by atoms with van der Waals surface area (Å²) in [5, 5.41) is 6.02. The number of anilines is 1. The lowest BCUT2D eigenvalue weighted by Gasteiger charge is -2.38. The van der Waals surface area contributed by atoms with E-state index in [2.05, 4.69) is 15.4 Å². The van der Waals surface area contributed by atoms with E-state index in [0.717, 1.165) is 30.1 Å². The number of alkyl halides is 3. The molecule has 7 nitrogen and oxygen atoms in total. The summed E-state index contributed by atoms with van der Waals surface area (Å²) in [7, 11) is 0. The number of thioether (sulfide) groups is 1. The molecule has 0 bridgehead atoms. The molecular weight excluding hydrogens is 414 g/mol. The van der Waals surface area contributed by atoms with Crippen LogP contribution in [-0.4, -0.2) is 45.5 Å². The van der Waals surface area contributed by atoms with Crippen LogP contribution in [0.2, 0.25) is 0 Å². The lowest BCUT2D eigenvalue weighted by atomic mass is 9.79. The second-order valence-corrected chi connectivity index (χ2v) is 7.66. The van der Waals surface area contributed by atoms with Crippen LogP contribution >= 0.6 is 11.8 Å². The number of amidine groups is 1. The number of hydrogen-bond donors (Lipinski definition) is 2. The lowest BCUT2D eigenvalue weighted by molar-refractivity contribution is 0.0561. The van der Waals surface area contributed by atoms with E-state index < -0.39 is 29.5 Å². The van der Waals surface area contributed by atoms with Gasteiger partial charge in [-0.2, -0.15) is 13.9 Å². The smallest absolute Gasteiger partial charge is 0.333 e. The first-order valence-electron chi connectivity index (χ1n) is 8.44. The topological polar surface area (TPSA) is 94.5 Å². The SMILES string of the molecule is NC1=N[C@@]2(c3cc(NC(=O)c4ccn(C(F)F)n4)ccc3F)COC[C@@]2(F)CS1. The standard InChI is InChI=1S/C17H15F4N5O2S/c18-11-2-1-9(23-13(27)12-3-4-26(25-12)14(19)20)5-10(11)17-7-28-6-16(17,21)8-29-15(22)24-17/h1-5,14H,6-8H2,(H2,22,24)(H,23,27)/t16-,17-/m1/s1. The molecule has 0 unspecified atom stereocenters. The third-order valence-corrected chi connectivity index (χ3v) is 5.83. The van der Waals surface area contributed by atoms with Gasteiger partial charge in [-0.05, 0) is 24.3 Å². The van der Waals surface area contributed by atoms with E-state index in [-0.39, 0.29) is 41.1 Å². The fourth-order valence-corrected chi connectivity index (χ4v) is 4.29. The summed E-state index contributed by atoms with van der Waals surface area (Å²) < 4.78 is 61.1. The summed E-state index contributed by atoms with van der Waals surface area (Å²) in [6, 6.07) is 4.68. The first-order valence-corrected chi connectivity index (χ1v) is 9.42. The van der Waals surface area contributed by atoms with Crippen LogP contribution in [0.15, 0.2) is 35.5 Å². The van der Waals surface area contributed by atoms with E-state index in [0.29, 0.717) is 4.68 Å². The van der Waals surface area contributed by atoms with Gasteiger partial charge in [-0.1, -0.05) is 11.8 Å². The minimum Gasteiger partial charge on any atom is -0.379 e. The Hall–Kier alpha value is -2.60. The van der Waals surface area contributed by atoms with Crippen molar-refractivity contribution in [1.82, 2.24) is 9.78 Å². The van der Waals surface area contributed by atoms with Crippen LogP contribution in [0, 0.1) is 5.82 Å². The summed E-state index contributed by atoms with van der Waals surface area (Å²) >= 11 is 1.02. The van der Waals surface area contributed by atoms with E-state index in [1.54, 1.807) is 0 Å². The number of carbonyl (C=O) groups excluding carboxylic acids is 1. The molecule has 0 spiro atoms. The van der Waals surface area contributed by atoms with Crippen LogP contribution in [0.4, 0.5) is 23.2 Å². The quantitative estimate of drug-likeness (QED) is 0.729. The fraction of sp³-hybridized carbons (Fsp3) is 0.353. The van der Waals surface area contributed by atoms with Gasteiger partial charge >= 0.3 is 6.55 Å². The van der Waals surface area contributed by atoms with Crippen molar-refractivity contribution in [1.29, 1.82) is 0 Å². The van der Waals surface area contributed by atoms with Gasteiger partial charge in [0.05, 0.1) is 13.2 Å². The summed E-state index contributed by atoms with van der Waals surface area (Å²) in [6.07, 6.45) is 0.957. The highest BCUT2D eigenvalue weighted by molar-refractivity contribution is 8.13. The predicted octanol–water partition coefficient (Wildman–Crippen LogP) is 2.66. The zero-order valence-corrected chi connectivity index (χ0v) is 15.6. The number of nitrogens with zero attached hydrogens (tertiary/aromatic N) is 3. The van der Waals surface area contributed by atoms with Crippen molar-refractivity contribution in [3.05, 3.63) is 47.5 Å². The molecule has 4 rings (SSSR count). The molecule has 154 valence electrons. The number of fused-ring (bicyclic) bond motifs is 1. The van der Waals surface area contributed by atoms with Crippen molar-refractivity contribution in [2.45, 2.75) is 17.8 Å². The maximum atomic E-state index is 15.5. The molecule has 1 aromatic heterocycles. The highest BCUT2D eigenvalue weighted by Crippen LogP contribution is 2.50. The van der Waals surface area contributed by atoms with Crippen LogP contribution in [0.5, 0.6) is 0 Å². The maximum absolute atomic E-state index is 15.5. The summed E-state index contributed by atoms with van der Waals surface area (Å²) in [4.78, 5) is 16.5. The maximum Gasteiger partial charge on any atom is 0.333 e. The Morgan fingerprint density at radius 1 is 1.34 bits per heavy atom. The number of aromatic nitrogens is 2. The molecule has 2 aromatic rings. The van der Waals surface area contributed by atoms with Gasteiger partial charge in [-0.15, -0.1) is 0 Å². The molecule has 2 aliphatic rings. The van der Waals surface area contributed by atoms with Gasteiger partial charge in [0.1, 0.15) is 5.82 Å². The Labute approximate surface area is 166 Å². The Bertz CT molecular complexity index is 1000. The molecule has 1 amide bonds. The molecule has 29 heavy (non-hydrogen) atoms. The Kier molecular flexibility index (Phi) is 4.77. The molecule has 3 heterocycles. The molecule has 1 aromatic carbocycles. The minimum atomic E-state index is -2.89. The summed E-state index contributed by atoms with van der Waals surface area (Å²) in [5.74, 6) is -1.57. The monoisotopic (exact) mass is 429 g/mol. The van der Waals surface area contributed by atoms with Gasteiger partial charge in [0.2, 0.25) is 0 Å². The molecule has 0 aliphatic carbocycles. The van der Waals surface area contributed by atoms with Gasteiger partial charge in [0, 0.05) is 23.2 Å². The molecule has 1 fully saturated rings. The Morgan fingerprint density at radius 3 is 2.86 bits per heavy atom. The average Bonchev–Trinajstić information content (AvgIpc) is 3.29. The number of nitrogens with two attached hydrogens (primary N) is 1. The minimum absolute atomic E-state index is 0.0522. The number of hydrogen-bond acceptors (Lipinski definition) is 6. The van der Waals surface area contributed by atoms with E-state index >= 15 is 4.39 Å². The number of aliphatic imine (C=N–C) groups is 1. The van der Waals surface area contributed by atoms with Crippen LogP contribution in [0.25, 0.3) is 0 Å². The van der Waals surface area contributed by atoms with Gasteiger partial charge in [-0.25, -0.2) is 18.5 Å².